The first kappa shape index (κ1) is 15.5. The van der Waals surface area contributed by atoms with Crippen LogP contribution in [0.3, 0.4) is 0 Å². The van der Waals surface area contributed by atoms with Gasteiger partial charge in [-0.25, -0.2) is 0 Å². The smallest absolute Gasteiger partial charge is 0.191 e. The number of ether oxygens (including phenoxy) is 1. The fourth-order valence-electron chi connectivity index (χ4n) is 2.07. The van der Waals surface area contributed by atoms with Crippen molar-refractivity contribution >= 4 is 8.32 Å². The van der Waals surface area contributed by atoms with Gasteiger partial charge in [0.1, 0.15) is 12.4 Å². The van der Waals surface area contributed by atoms with E-state index in [1.165, 1.54) is 18.1 Å². The molecular formula is C14H26O3Si. The Kier molecular flexibility index (Phi) is 7.31. The first-order chi connectivity index (χ1) is 8.76. The Morgan fingerprint density at radius 3 is 2.39 bits per heavy atom. The van der Waals surface area contributed by atoms with Crippen LogP contribution in [0.25, 0.3) is 0 Å². The third-order valence-corrected chi connectivity index (χ3v) is 8.28. The van der Waals surface area contributed by atoms with Gasteiger partial charge >= 0.3 is 0 Å². The molecule has 0 unspecified atom stereocenters. The molecule has 3 nitrogen and oxygen atoms in total. The van der Waals surface area contributed by atoms with Crippen molar-refractivity contribution in [3.63, 3.8) is 0 Å². The number of furan rings is 1. The summed E-state index contributed by atoms with van der Waals surface area (Å²) in [6, 6.07) is 7.46. The van der Waals surface area contributed by atoms with Crippen molar-refractivity contribution in [2.75, 3.05) is 13.2 Å². The summed E-state index contributed by atoms with van der Waals surface area (Å²) in [6.07, 6.45) is 2.64. The monoisotopic (exact) mass is 270 g/mol. The highest BCUT2D eigenvalue weighted by Gasteiger charge is 2.28. The maximum atomic E-state index is 6.15. The topological polar surface area (TPSA) is 31.6 Å². The maximum Gasteiger partial charge on any atom is 0.191 e. The predicted molar refractivity (Wildman–Crippen MR) is 76.1 cm³/mol. The average Bonchev–Trinajstić information content (AvgIpc) is 2.92. The molecule has 0 fully saturated rings. The maximum absolute atomic E-state index is 6.15. The van der Waals surface area contributed by atoms with Crippen molar-refractivity contribution in [1.82, 2.24) is 0 Å². The quantitative estimate of drug-likeness (QED) is 0.471. The molecule has 1 aromatic heterocycles. The van der Waals surface area contributed by atoms with Gasteiger partial charge in [0.25, 0.3) is 0 Å². The summed E-state index contributed by atoms with van der Waals surface area (Å²) in [7, 11) is -1.40. The van der Waals surface area contributed by atoms with E-state index in [1.54, 1.807) is 6.26 Å². The lowest BCUT2D eigenvalue weighted by Crippen LogP contribution is -2.36. The lowest BCUT2D eigenvalue weighted by atomic mass is 10.4. The van der Waals surface area contributed by atoms with Gasteiger partial charge in [-0.1, -0.05) is 20.8 Å². The minimum atomic E-state index is -1.40. The van der Waals surface area contributed by atoms with Crippen LogP contribution < -0.4 is 0 Å². The Hall–Kier alpha value is -0.583. The van der Waals surface area contributed by atoms with Crippen molar-refractivity contribution in [2.24, 2.45) is 0 Å². The van der Waals surface area contributed by atoms with Gasteiger partial charge in [0.15, 0.2) is 8.32 Å². The van der Waals surface area contributed by atoms with Crippen LogP contribution >= 0.6 is 0 Å². The first-order valence-corrected chi connectivity index (χ1v) is 9.53. The van der Waals surface area contributed by atoms with Crippen molar-refractivity contribution < 1.29 is 13.6 Å². The van der Waals surface area contributed by atoms with E-state index in [9.17, 15) is 0 Å². The van der Waals surface area contributed by atoms with Crippen molar-refractivity contribution in [3.05, 3.63) is 24.2 Å². The minimum Gasteiger partial charge on any atom is -0.467 e. The molecule has 18 heavy (non-hydrogen) atoms. The summed E-state index contributed by atoms with van der Waals surface area (Å²) in [6.45, 7) is 8.90. The van der Waals surface area contributed by atoms with Crippen LogP contribution in [0.2, 0.25) is 18.1 Å². The Balaban J connectivity index is 2.07. The zero-order chi connectivity index (χ0) is 13.3. The average molecular weight is 270 g/mol. The van der Waals surface area contributed by atoms with Crippen molar-refractivity contribution in [2.45, 2.75) is 51.9 Å². The molecule has 104 valence electrons. The second-order valence-corrected chi connectivity index (χ2v) is 9.35. The van der Waals surface area contributed by atoms with Gasteiger partial charge in [-0.15, -0.1) is 0 Å². The van der Waals surface area contributed by atoms with Crippen LogP contribution in [0.4, 0.5) is 0 Å². The summed E-state index contributed by atoms with van der Waals surface area (Å²) in [5.41, 5.74) is 0. The number of rotatable bonds is 10. The number of hydrogen-bond acceptors (Lipinski definition) is 3. The van der Waals surface area contributed by atoms with Gasteiger partial charge in [-0.2, -0.15) is 0 Å². The minimum absolute atomic E-state index is 0.560. The molecule has 0 aliphatic carbocycles. The molecule has 0 bridgehead atoms. The second-order valence-electron chi connectivity index (χ2n) is 4.58. The van der Waals surface area contributed by atoms with Crippen LogP contribution in [-0.4, -0.2) is 21.5 Å². The molecule has 0 radical (unpaired) electrons. The zero-order valence-electron chi connectivity index (χ0n) is 11.9. The van der Waals surface area contributed by atoms with Gasteiger partial charge in [0.2, 0.25) is 0 Å². The van der Waals surface area contributed by atoms with Crippen LogP contribution in [-0.2, 0) is 15.8 Å². The Morgan fingerprint density at radius 1 is 1.11 bits per heavy atom. The largest absolute Gasteiger partial charge is 0.467 e. The molecule has 0 aliphatic heterocycles. The second kappa shape index (κ2) is 8.51. The molecule has 0 atom stereocenters. The van der Waals surface area contributed by atoms with Crippen molar-refractivity contribution in [3.8, 4) is 0 Å². The predicted octanol–water partition coefficient (Wildman–Crippen LogP) is 4.21. The van der Waals surface area contributed by atoms with Gasteiger partial charge < -0.3 is 13.6 Å². The van der Waals surface area contributed by atoms with E-state index >= 15 is 0 Å². The molecule has 0 aromatic carbocycles. The lowest BCUT2D eigenvalue weighted by Gasteiger charge is -2.27. The normalized spacial score (nSPS) is 11.9. The van der Waals surface area contributed by atoms with E-state index in [-0.39, 0.29) is 0 Å². The van der Waals surface area contributed by atoms with Crippen LogP contribution in [0.5, 0.6) is 0 Å². The van der Waals surface area contributed by atoms with Gasteiger partial charge in [0, 0.05) is 13.2 Å². The van der Waals surface area contributed by atoms with E-state index in [1.807, 2.05) is 12.1 Å². The Labute approximate surface area is 112 Å². The molecule has 0 aliphatic rings. The molecule has 0 saturated heterocycles. The van der Waals surface area contributed by atoms with E-state index in [0.717, 1.165) is 25.4 Å². The molecule has 0 saturated carbocycles. The van der Waals surface area contributed by atoms with Crippen LogP contribution in [0.1, 0.15) is 33.0 Å². The SMILES string of the molecule is CC[Si](CC)(CC)OCCCOCc1ccco1. The highest BCUT2D eigenvalue weighted by atomic mass is 28.4. The van der Waals surface area contributed by atoms with E-state index in [0.29, 0.717) is 6.61 Å². The van der Waals surface area contributed by atoms with Crippen LogP contribution in [0, 0.1) is 0 Å². The zero-order valence-corrected chi connectivity index (χ0v) is 12.9. The summed E-state index contributed by atoms with van der Waals surface area (Å²) in [5.74, 6) is 0.885. The third kappa shape index (κ3) is 4.96. The molecule has 1 rings (SSSR count). The highest BCUT2D eigenvalue weighted by molar-refractivity contribution is 6.73. The van der Waals surface area contributed by atoms with E-state index in [2.05, 4.69) is 20.8 Å². The van der Waals surface area contributed by atoms with Crippen LogP contribution in [0.15, 0.2) is 22.8 Å². The standard InChI is InChI=1S/C14H26O3Si/c1-4-18(5-2,6-3)17-12-8-10-15-13-14-9-7-11-16-14/h7,9,11H,4-6,8,10,12-13H2,1-3H3. The highest BCUT2D eigenvalue weighted by Crippen LogP contribution is 2.21. The summed E-state index contributed by atoms with van der Waals surface area (Å²) in [4.78, 5) is 0. The molecule has 0 N–H and O–H groups in total. The number of hydrogen-bond donors (Lipinski definition) is 0. The first-order valence-electron chi connectivity index (χ1n) is 7.00. The summed E-state index contributed by atoms with van der Waals surface area (Å²) < 4.78 is 16.9. The molecule has 0 amide bonds. The van der Waals surface area contributed by atoms with E-state index in [4.69, 9.17) is 13.6 Å². The van der Waals surface area contributed by atoms with Crippen molar-refractivity contribution in [1.29, 1.82) is 0 Å². The lowest BCUT2D eigenvalue weighted by molar-refractivity contribution is 0.0932. The third-order valence-electron chi connectivity index (χ3n) is 3.60. The Morgan fingerprint density at radius 2 is 1.83 bits per heavy atom. The fraction of sp³-hybridized carbons (Fsp3) is 0.714. The van der Waals surface area contributed by atoms with Gasteiger partial charge in [-0.05, 0) is 36.7 Å². The Bertz CT molecular complexity index is 286. The molecule has 4 heteroatoms. The summed E-state index contributed by atoms with van der Waals surface area (Å²) in [5, 5.41) is 0. The molecule has 1 aromatic rings. The van der Waals surface area contributed by atoms with E-state index < -0.39 is 8.32 Å². The summed E-state index contributed by atoms with van der Waals surface area (Å²) >= 11 is 0. The molecular weight excluding hydrogens is 244 g/mol. The molecule has 1 heterocycles. The van der Waals surface area contributed by atoms with Gasteiger partial charge in [-0.3, -0.25) is 0 Å². The van der Waals surface area contributed by atoms with Gasteiger partial charge in [0.05, 0.1) is 6.26 Å². The molecule has 0 spiro atoms. The fourth-order valence-corrected chi connectivity index (χ4v) is 4.76.